The molecule has 0 saturated heterocycles. The van der Waals surface area contributed by atoms with E-state index < -0.39 is 17.5 Å². The molecule has 0 aliphatic heterocycles. The second-order valence-electron chi connectivity index (χ2n) is 3.96. The Morgan fingerprint density at radius 1 is 1.22 bits per heavy atom. The van der Waals surface area contributed by atoms with Crippen LogP contribution in [0.4, 0.5) is 13.2 Å². The van der Waals surface area contributed by atoms with E-state index in [1.54, 1.807) is 19.1 Å². The molecule has 18 heavy (non-hydrogen) atoms. The van der Waals surface area contributed by atoms with Gasteiger partial charge in [-0.2, -0.15) is 13.2 Å². The number of allylic oxidation sites excluding steroid dienone is 3. The number of rotatable bonds is 3. The molecule has 0 aliphatic carbocycles. The molecule has 0 aliphatic rings. The van der Waals surface area contributed by atoms with Gasteiger partial charge in [0.1, 0.15) is 0 Å². The lowest BCUT2D eigenvalue weighted by Crippen LogP contribution is -2.12. The van der Waals surface area contributed by atoms with Gasteiger partial charge in [-0.15, -0.1) is 0 Å². The molecule has 0 saturated carbocycles. The van der Waals surface area contributed by atoms with E-state index in [0.29, 0.717) is 12.2 Å². The van der Waals surface area contributed by atoms with Crippen LogP contribution in [-0.2, 0) is 0 Å². The molecule has 0 heterocycles. The molecule has 1 aromatic carbocycles. The highest BCUT2D eigenvalue weighted by Gasteiger charge is 2.32. The Kier molecular flexibility index (Phi) is 4.11. The number of aryl methyl sites for hydroxylation is 2. The Morgan fingerprint density at radius 3 is 2.28 bits per heavy atom. The number of alkyl halides is 3. The summed E-state index contributed by atoms with van der Waals surface area (Å²) in [5.74, 6) is -0.676. The fraction of sp³-hybridized carbons (Fsp3) is 0.214. The van der Waals surface area contributed by atoms with Crippen LogP contribution in [0.2, 0.25) is 0 Å². The van der Waals surface area contributed by atoms with Gasteiger partial charge in [0.25, 0.3) is 0 Å². The van der Waals surface area contributed by atoms with Gasteiger partial charge in [0.05, 0.1) is 5.57 Å². The molecule has 0 aromatic heterocycles. The van der Waals surface area contributed by atoms with Gasteiger partial charge < -0.3 is 0 Å². The fourth-order valence-electron chi connectivity index (χ4n) is 1.38. The van der Waals surface area contributed by atoms with Crippen molar-refractivity contribution in [1.82, 2.24) is 0 Å². The van der Waals surface area contributed by atoms with Crippen LogP contribution in [0.3, 0.4) is 0 Å². The Bertz CT molecular complexity index is 510. The maximum Gasteiger partial charge on any atom is 0.416 e. The monoisotopic (exact) mass is 254 g/mol. The summed E-state index contributed by atoms with van der Waals surface area (Å²) in [6.07, 6.45) is -3.35. The normalized spacial score (nSPS) is 12.4. The van der Waals surface area contributed by atoms with E-state index in [0.717, 1.165) is 11.1 Å². The topological polar surface area (TPSA) is 17.1 Å². The van der Waals surface area contributed by atoms with E-state index in [9.17, 15) is 18.0 Å². The van der Waals surface area contributed by atoms with Crippen LogP contribution in [-0.4, -0.2) is 12.0 Å². The van der Waals surface area contributed by atoms with Crippen LogP contribution in [0.25, 0.3) is 0 Å². The number of halogens is 3. The summed E-state index contributed by atoms with van der Waals surface area (Å²) in [6, 6.07) is 4.79. The van der Waals surface area contributed by atoms with Gasteiger partial charge in [-0.3, -0.25) is 4.79 Å². The van der Waals surface area contributed by atoms with Crippen LogP contribution in [0.5, 0.6) is 0 Å². The van der Waals surface area contributed by atoms with E-state index in [4.69, 9.17) is 0 Å². The lowest BCUT2D eigenvalue weighted by molar-refractivity contribution is -0.0882. The van der Waals surface area contributed by atoms with Crippen LogP contribution >= 0.6 is 0 Å². The Hall–Kier alpha value is -1.84. The Morgan fingerprint density at radius 2 is 1.83 bits per heavy atom. The van der Waals surface area contributed by atoms with E-state index in [1.165, 1.54) is 6.07 Å². The first-order valence-corrected chi connectivity index (χ1v) is 5.28. The first-order valence-electron chi connectivity index (χ1n) is 5.28. The third kappa shape index (κ3) is 3.32. The summed E-state index contributed by atoms with van der Waals surface area (Å²) in [5.41, 5.74) is 1.05. The molecule has 4 heteroatoms. The maximum absolute atomic E-state index is 12.4. The molecule has 0 radical (unpaired) electrons. The molecule has 1 rings (SSSR count). The van der Waals surface area contributed by atoms with Crippen molar-refractivity contribution in [3.63, 3.8) is 0 Å². The Balaban J connectivity index is 3.11. The number of benzene rings is 1. The van der Waals surface area contributed by atoms with Gasteiger partial charge in [-0.1, -0.05) is 24.8 Å². The molecule has 0 fully saturated rings. The highest BCUT2D eigenvalue weighted by atomic mass is 19.4. The first-order chi connectivity index (χ1) is 8.25. The van der Waals surface area contributed by atoms with Gasteiger partial charge >= 0.3 is 6.18 Å². The largest absolute Gasteiger partial charge is 0.416 e. The molecular formula is C14H13F3O. The van der Waals surface area contributed by atoms with Gasteiger partial charge in [-0.05, 0) is 37.1 Å². The molecule has 96 valence electrons. The number of carbonyl (C=O) groups excluding carboxylic acids is 1. The van der Waals surface area contributed by atoms with E-state index >= 15 is 0 Å². The lowest BCUT2D eigenvalue weighted by atomic mass is 10.0. The third-order valence-corrected chi connectivity index (χ3v) is 2.63. The predicted octanol–water partition coefficient (Wildman–Crippen LogP) is 4.16. The minimum absolute atomic E-state index is 0.238. The molecule has 1 nitrogen and oxygen atoms in total. The van der Waals surface area contributed by atoms with Crippen molar-refractivity contribution in [1.29, 1.82) is 0 Å². The van der Waals surface area contributed by atoms with Crippen LogP contribution in [0, 0.1) is 13.8 Å². The van der Waals surface area contributed by atoms with Crippen molar-refractivity contribution in [2.75, 3.05) is 0 Å². The molecule has 1 aromatic rings. The molecule has 0 unspecified atom stereocenters. The molecule has 0 amide bonds. The second kappa shape index (κ2) is 5.21. The van der Waals surface area contributed by atoms with Crippen LogP contribution in [0.1, 0.15) is 21.5 Å². The minimum Gasteiger partial charge on any atom is -0.289 e. The zero-order chi connectivity index (χ0) is 13.9. The fourth-order valence-corrected chi connectivity index (χ4v) is 1.38. The van der Waals surface area contributed by atoms with Gasteiger partial charge in [0.15, 0.2) is 5.78 Å². The van der Waals surface area contributed by atoms with Crippen molar-refractivity contribution < 1.29 is 18.0 Å². The molecule has 0 bridgehead atoms. The number of hydrogen-bond acceptors (Lipinski definition) is 1. The highest BCUT2D eigenvalue weighted by Crippen LogP contribution is 2.26. The first kappa shape index (κ1) is 14.2. The summed E-state index contributed by atoms with van der Waals surface area (Å²) in [4.78, 5) is 11.7. The second-order valence-corrected chi connectivity index (χ2v) is 3.96. The number of ketones is 1. The maximum atomic E-state index is 12.4. The van der Waals surface area contributed by atoms with E-state index in [-0.39, 0.29) is 5.56 Å². The molecule has 0 spiro atoms. The van der Waals surface area contributed by atoms with Crippen molar-refractivity contribution >= 4 is 5.78 Å². The van der Waals surface area contributed by atoms with Gasteiger partial charge in [0, 0.05) is 5.56 Å². The summed E-state index contributed by atoms with van der Waals surface area (Å²) in [6.45, 7) is 6.73. The van der Waals surface area contributed by atoms with Gasteiger partial charge in [0.2, 0.25) is 0 Å². The average Bonchev–Trinajstić information content (AvgIpc) is 2.27. The van der Waals surface area contributed by atoms with Gasteiger partial charge in [-0.25, -0.2) is 0 Å². The third-order valence-electron chi connectivity index (χ3n) is 2.63. The van der Waals surface area contributed by atoms with Crippen LogP contribution in [0.15, 0.2) is 42.5 Å². The van der Waals surface area contributed by atoms with Crippen molar-refractivity contribution in [3.8, 4) is 0 Å². The van der Waals surface area contributed by atoms with Crippen molar-refractivity contribution in [2.24, 2.45) is 0 Å². The number of hydrogen-bond donors (Lipinski definition) is 0. The SMILES string of the molecule is C=C/C(=C\C(=O)c1ccc(C)c(C)c1)C(F)(F)F. The van der Waals surface area contributed by atoms with Crippen molar-refractivity contribution in [3.05, 3.63) is 59.2 Å². The average molecular weight is 254 g/mol. The Labute approximate surface area is 104 Å². The minimum atomic E-state index is -4.56. The highest BCUT2D eigenvalue weighted by molar-refractivity contribution is 6.05. The van der Waals surface area contributed by atoms with Crippen molar-refractivity contribution in [2.45, 2.75) is 20.0 Å². The molecule has 0 atom stereocenters. The van der Waals surface area contributed by atoms with Crippen LogP contribution < -0.4 is 0 Å². The lowest BCUT2D eigenvalue weighted by Gasteiger charge is -2.07. The van der Waals surface area contributed by atoms with E-state index in [1.807, 2.05) is 6.92 Å². The molecule has 0 N–H and O–H groups in total. The van der Waals surface area contributed by atoms with E-state index in [2.05, 4.69) is 6.58 Å². The quantitative estimate of drug-likeness (QED) is 0.449. The summed E-state index contributed by atoms with van der Waals surface area (Å²) in [5, 5.41) is 0. The molecular weight excluding hydrogens is 241 g/mol. The standard InChI is InChI=1S/C14H13F3O/c1-4-12(14(15,16)17)8-13(18)11-6-5-9(2)10(3)7-11/h4-8H,1H2,2-3H3/b12-8+. The zero-order valence-electron chi connectivity index (χ0n) is 10.1. The predicted molar refractivity (Wildman–Crippen MR) is 64.6 cm³/mol. The summed E-state index contributed by atoms with van der Waals surface area (Å²) >= 11 is 0. The smallest absolute Gasteiger partial charge is 0.289 e. The number of carbonyl (C=O) groups is 1. The summed E-state index contributed by atoms with van der Waals surface area (Å²) < 4.78 is 37.3. The zero-order valence-corrected chi connectivity index (χ0v) is 10.1. The summed E-state index contributed by atoms with van der Waals surface area (Å²) in [7, 11) is 0.